The summed E-state index contributed by atoms with van der Waals surface area (Å²) < 4.78 is 12.1. The smallest absolute Gasteiger partial charge is 0.342 e. The molecule has 41 heavy (non-hydrogen) atoms. The first kappa shape index (κ1) is 33.6. The van der Waals surface area contributed by atoms with Crippen LogP contribution in [0.5, 0.6) is 0 Å². The van der Waals surface area contributed by atoms with Crippen LogP contribution in [0.2, 0.25) is 0 Å². The van der Waals surface area contributed by atoms with E-state index < -0.39 is 0 Å². The van der Waals surface area contributed by atoms with Gasteiger partial charge in [0.1, 0.15) is 5.76 Å². The molecule has 1 aliphatic carbocycles. The average Bonchev–Trinajstić information content (AvgIpc) is 3.29. The highest BCUT2D eigenvalue weighted by Crippen LogP contribution is 2.47. The fourth-order valence-corrected chi connectivity index (χ4v) is 6.92. The molecular formula is C37H58O4. The zero-order valence-corrected chi connectivity index (χ0v) is 27.5. The third-order valence-electron chi connectivity index (χ3n) is 9.83. The van der Waals surface area contributed by atoms with Crippen LogP contribution in [0.15, 0.2) is 50.7 Å². The van der Waals surface area contributed by atoms with Crippen LogP contribution >= 0.6 is 0 Å². The minimum atomic E-state index is -0.339. The molecule has 7 unspecified atom stereocenters. The Bertz CT molecular complexity index is 1140. The molecule has 1 aliphatic heterocycles. The lowest BCUT2D eigenvalue weighted by molar-refractivity contribution is -0.118. The molecule has 2 heterocycles. The second-order valence-corrected chi connectivity index (χ2v) is 14.1. The van der Waals surface area contributed by atoms with Crippen LogP contribution in [0, 0.1) is 29.6 Å². The molecule has 4 heteroatoms. The van der Waals surface area contributed by atoms with Gasteiger partial charge in [-0.15, -0.1) is 0 Å². The molecule has 0 spiro atoms. The maximum Gasteiger partial charge on any atom is 0.342 e. The summed E-state index contributed by atoms with van der Waals surface area (Å²) in [5.41, 5.74) is 3.85. The highest BCUT2D eigenvalue weighted by molar-refractivity contribution is 5.36. The summed E-state index contributed by atoms with van der Waals surface area (Å²) >= 11 is 0. The van der Waals surface area contributed by atoms with Gasteiger partial charge in [0.2, 0.25) is 0 Å². The first-order valence-corrected chi connectivity index (χ1v) is 16.3. The molecule has 0 radical (unpaired) electrons. The first-order chi connectivity index (χ1) is 19.4. The van der Waals surface area contributed by atoms with Crippen molar-refractivity contribution in [3.8, 4) is 0 Å². The third-order valence-corrected chi connectivity index (χ3v) is 9.83. The highest BCUT2D eigenvalue weighted by Gasteiger charge is 2.45. The summed E-state index contributed by atoms with van der Waals surface area (Å²) in [6.07, 6.45) is 18.3. The van der Waals surface area contributed by atoms with Crippen molar-refractivity contribution in [2.75, 3.05) is 6.61 Å². The standard InChI is InChI=1S/C37H58O4/c1-10-11-12-13-14-24(2)17-26(4)19-27(5)18-25(3)15-16-29(7)37(8,9)33-22-30-21-32-28(6)20-31(23-38)40-35(32)34(30)36(39)41-33/h15-16,18-19,22,24,27-29,31-32,35,38H,10-14,17,20-21,23H2,1-9H3/b16-15+,25-18+,26-19-. The van der Waals surface area contributed by atoms with Gasteiger partial charge in [-0.1, -0.05) is 116 Å². The monoisotopic (exact) mass is 566 g/mol. The molecule has 1 saturated heterocycles. The van der Waals surface area contributed by atoms with Crippen molar-refractivity contribution in [3.05, 3.63) is 68.8 Å². The van der Waals surface area contributed by atoms with Crippen molar-refractivity contribution < 1.29 is 14.3 Å². The van der Waals surface area contributed by atoms with Crippen molar-refractivity contribution in [2.45, 2.75) is 131 Å². The number of ether oxygens (including phenoxy) is 1. The minimum Gasteiger partial charge on any atom is -0.427 e. The number of hydrogen-bond donors (Lipinski definition) is 1. The number of aliphatic hydroxyl groups excluding tert-OH is 1. The molecule has 0 saturated carbocycles. The van der Waals surface area contributed by atoms with Gasteiger partial charge in [-0.25, -0.2) is 4.79 Å². The van der Waals surface area contributed by atoms with E-state index in [0.717, 1.165) is 30.1 Å². The van der Waals surface area contributed by atoms with E-state index in [0.29, 0.717) is 17.4 Å². The predicted molar refractivity (Wildman–Crippen MR) is 171 cm³/mol. The van der Waals surface area contributed by atoms with Crippen LogP contribution in [0.3, 0.4) is 0 Å². The molecule has 7 atom stereocenters. The fourth-order valence-electron chi connectivity index (χ4n) is 6.92. The Hall–Kier alpha value is -1.91. The molecule has 1 aromatic rings. The number of rotatable bonds is 14. The largest absolute Gasteiger partial charge is 0.427 e. The molecule has 0 amide bonds. The molecule has 0 bridgehead atoms. The van der Waals surface area contributed by atoms with Gasteiger partial charge in [0, 0.05) is 5.41 Å². The van der Waals surface area contributed by atoms with E-state index in [4.69, 9.17) is 9.15 Å². The van der Waals surface area contributed by atoms with Gasteiger partial charge < -0.3 is 14.3 Å². The van der Waals surface area contributed by atoms with Crippen LogP contribution in [-0.4, -0.2) is 17.8 Å². The fraction of sp³-hybridized carbons (Fsp3) is 0.703. The van der Waals surface area contributed by atoms with E-state index in [1.54, 1.807) is 0 Å². The number of fused-ring (bicyclic) bond motifs is 3. The second kappa shape index (κ2) is 15.0. The van der Waals surface area contributed by atoms with E-state index in [1.165, 1.54) is 49.7 Å². The summed E-state index contributed by atoms with van der Waals surface area (Å²) in [4.78, 5) is 13.2. The number of unbranched alkanes of at least 4 members (excludes halogenated alkanes) is 3. The van der Waals surface area contributed by atoms with Gasteiger partial charge in [0.25, 0.3) is 0 Å². The van der Waals surface area contributed by atoms with Crippen LogP contribution < -0.4 is 5.63 Å². The van der Waals surface area contributed by atoms with Crippen LogP contribution in [-0.2, 0) is 16.6 Å². The first-order valence-electron chi connectivity index (χ1n) is 16.3. The van der Waals surface area contributed by atoms with Gasteiger partial charge in [-0.2, -0.15) is 0 Å². The Morgan fingerprint density at radius 3 is 2.56 bits per heavy atom. The summed E-state index contributed by atoms with van der Waals surface area (Å²) in [5.74, 6) is 2.72. The molecule has 1 N–H and O–H groups in total. The summed E-state index contributed by atoms with van der Waals surface area (Å²) in [6.45, 7) is 20.1. The van der Waals surface area contributed by atoms with E-state index >= 15 is 0 Å². The topological polar surface area (TPSA) is 59.7 Å². The Morgan fingerprint density at radius 1 is 1.15 bits per heavy atom. The lowest BCUT2D eigenvalue weighted by Gasteiger charge is -2.36. The van der Waals surface area contributed by atoms with Gasteiger partial charge in [-0.3, -0.25) is 0 Å². The van der Waals surface area contributed by atoms with Gasteiger partial charge in [-0.05, 0) is 74.3 Å². The van der Waals surface area contributed by atoms with Gasteiger partial charge in [0.05, 0.1) is 24.4 Å². The SMILES string of the molecule is CCCCCCC(C)C/C(C)=C\C(C)/C=C(C)/C=C/C(C)C(C)(C)c1cc2c(c(=O)o1)C1OC(CO)CC(C)C1C2. The summed E-state index contributed by atoms with van der Waals surface area (Å²) in [6, 6.07) is 2.10. The van der Waals surface area contributed by atoms with Crippen molar-refractivity contribution >= 4 is 0 Å². The van der Waals surface area contributed by atoms with E-state index in [2.05, 4.69) is 92.7 Å². The lowest BCUT2D eigenvalue weighted by atomic mass is 9.77. The van der Waals surface area contributed by atoms with Crippen molar-refractivity contribution in [3.63, 3.8) is 0 Å². The van der Waals surface area contributed by atoms with Crippen LogP contribution in [0.1, 0.15) is 130 Å². The van der Waals surface area contributed by atoms with Gasteiger partial charge >= 0.3 is 5.63 Å². The van der Waals surface area contributed by atoms with Crippen LogP contribution in [0.25, 0.3) is 0 Å². The van der Waals surface area contributed by atoms with Gasteiger partial charge in [0.15, 0.2) is 0 Å². The van der Waals surface area contributed by atoms with Crippen LogP contribution in [0.4, 0.5) is 0 Å². The number of aliphatic hydroxyl groups is 1. The van der Waals surface area contributed by atoms with Crippen molar-refractivity contribution in [2.24, 2.45) is 29.6 Å². The molecule has 4 nitrogen and oxygen atoms in total. The number of allylic oxidation sites excluding steroid dienone is 6. The molecule has 1 aromatic heterocycles. The van der Waals surface area contributed by atoms with Crippen molar-refractivity contribution in [1.29, 1.82) is 0 Å². The minimum absolute atomic E-state index is 0.00980. The average molecular weight is 567 g/mol. The Labute approximate surface area is 250 Å². The Kier molecular flexibility index (Phi) is 12.3. The predicted octanol–water partition coefficient (Wildman–Crippen LogP) is 9.27. The normalized spacial score (nSPS) is 25.7. The third kappa shape index (κ3) is 8.80. The van der Waals surface area contributed by atoms with E-state index in [-0.39, 0.29) is 41.7 Å². The Balaban J connectivity index is 1.64. The molecule has 0 aromatic carbocycles. The zero-order valence-electron chi connectivity index (χ0n) is 27.5. The Morgan fingerprint density at radius 2 is 1.88 bits per heavy atom. The maximum atomic E-state index is 13.2. The molecule has 3 rings (SSSR count). The molecule has 1 fully saturated rings. The maximum absolute atomic E-state index is 13.2. The zero-order chi connectivity index (χ0) is 30.3. The molecule has 230 valence electrons. The summed E-state index contributed by atoms with van der Waals surface area (Å²) in [7, 11) is 0. The molecular weight excluding hydrogens is 508 g/mol. The van der Waals surface area contributed by atoms with E-state index in [9.17, 15) is 9.90 Å². The lowest BCUT2D eigenvalue weighted by Crippen LogP contribution is -2.36. The molecule has 2 aliphatic rings. The van der Waals surface area contributed by atoms with Crippen molar-refractivity contribution in [1.82, 2.24) is 0 Å². The quantitative estimate of drug-likeness (QED) is 0.138. The second-order valence-electron chi connectivity index (χ2n) is 14.1. The number of hydrogen-bond acceptors (Lipinski definition) is 4. The summed E-state index contributed by atoms with van der Waals surface area (Å²) in [5, 5.41) is 9.67. The van der Waals surface area contributed by atoms with E-state index in [1.807, 2.05) is 0 Å². The highest BCUT2D eigenvalue weighted by atomic mass is 16.5.